The normalized spacial score (nSPS) is 9.53. The van der Waals surface area contributed by atoms with Gasteiger partial charge in [-0.3, -0.25) is 0 Å². The lowest BCUT2D eigenvalue weighted by Crippen LogP contribution is -1.99. The Hall–Kier alpha value is -2.72. The number of nitriles is 2. The summed E-state index contributed by atoms with van der Waals surface area (Å²) in [5.74, 6) is 0. The molecule has 0 radical (unpaired) electrons. The summed E-state index contributed by atoms with van der Waals surface area (Å²) in [4.78, 5) is 0. The number of nitrogens with two attached hydrogens (primary N) is 1. The van der Waals surface area contributed by atoms with E-state index in [0.717, 1.165) is 11.3 Å². The van der Waals surface area contributed by atoms with Gasteiger partial charge in [0.15, 0.2) is 0 Å². The topological polar surface area (TPSA) is 78.5 Å². The van der Waals surface area contributed by atoms with Gasteiger partial charge in [0.05, 0.1) is 12.5 Å². The van der Waals surface area contributed by atoms with Crippen molar-refractivity contribution in [3.63, 3.8) is 0 Å². The van der Waals surface area contributed by atoms with E-state index in [2.05, 4.69) is 12.1 Å². The predicted molar refractivity (Wildman–Crippen MR) is 64.2 cm³/mol. The van der Waals surface area contributed by atoms with Gasteiger partial charge in [0, 0.05) is 17.6 Å². The van der Waals surface area contributed by atoms with E-state index in [4.69, 9.17) is 16.3 Å². The van der Waals surface area contributed by atoms with Crippen LogP contribution in [0.25, 0.3) is 5.69 Å². The Balaban J connectivity index is 2.51. The zero-order valence-electron chi connectivity index (χ0n) is 9.09. The fraction of sp³-hybridized carbons (Fsp3) is 0.0769. The van der Waals surface area contributed by atoms with E-state index in [0.29, 0.717) is 11.4 Å². The molecule has 1 heterocycles. The van der Waals surface area contributed by atoms with Crippen LogP contribution in [0.1, 0.15) is 11.3 Å². The Bertz CT molecular complexity index is 626. The quantitative estimate of drug-likeness (QED) is 0.789. The molecule has 0 aliphatic rings. The lowest BCUT2D eigenvalue weighted by molar-refractivity contribution is 1.04. The molecule has 1 aromatic heterocycles. The largest absolute Gasteiger partial charge is 0.398 e. The maximum Gasteiger partial charge on any atom is 0.124 e. The van der Waals surface area contributed by atoms with Crippen LogP contribution in [0, 0.1) is 22.7 Å². The van der Waals surface area contributed by atoms with Gasteiger partial charge in [0.25, 0.3) is 0 Å². The van der Waals surface area contributed by atoms with Gasteiger partial charge in [0.2, 0.25) is 0 Å². The monoisotopic (exact) mass is 222 g/mol. The van der Waals surface area contributed by atoms with Crippen molar-refractivity contribution >= 4 is 5.69 Å². The van der Waals surface area contributed by atoms with E-state index in [1.54, 1.807) is 29.0 Å². The van der Waals surface area contributed by atoms with Crippen LogP contribution in [-0.4, -0.2) is 4.57 Å². The van der Waals surface area contributed by atoms with Gasteiger partial charge in [0.1, 0.15) is 11.8 Å². The van der Waals surface area contributed by atoms with Gasteiger partial charge in [-0.15, -0.1) is 0 Å². The van der Waals surface area contributed by atoms with Crippen LogP contribution in [0.3, 0.4) is 0 Å². The van der Waals surface area contributed by atoms with E-state index in [-0.39, 0.29) is 6.42 Å². The molecule has 0 bridgehead atoms. The van der Waals surface area contributed by atoms with E-state index in [1.807, 2.05) is 12.1 Å². The molecule has 82 valence electrons. The maximum atomic E-state index is 8.95. The van der Waals surface area contributed by atoms with Gasteiger partial charge in [-0.05, 0) is 35.9 Å². The second kappa shape index (κ2) is 4.42. The number of benzene rings is 1. The number of nitrogen functional groups attached to an aromatic ring is 1. The number of rotatable bonds is 2. The summed E-state index contributed by atoms with van der Waals surface area (Å²) in [5, 5.41) is 17.6. The molecule has 4 nitrogen and oxygen atoms in total. The highest BCUT2D eigenvalue weighted by Gasteiger charge is 2.05. The fourth-order valence-electron chi connectivity index (χ4n) is 1.68. The van der Waals surface area contributed by atoms with E-state index in [9.17, 15) is 0 Å². The van der Waals surface area contributed by atoms with E-state index in [1.165, 1.54) is 0 Å². The van der Waals surface area contributed by atoms with Gasteiger partial charge < -0.3 is 10.3 Å². The molecule has 4 heteroatoms. The van der Waals surface area contributed by atoms with Crippen molar-refractivity contribution in [3.8, 4) is 17.8 Å². The average molecular weight is 222 g/mol. The van der Waals surface area contributed by atoms with Gasteiger partial charge >= 0.3 is 0 Å². The number of aromatic nitrogens is 1. The standard InChI is InChI=1S/C13H10N4/c14-6-5-10-8-11(3-4-13(10)16)17-7-1-2-12(17)9-15/h1-4,7-8H,5,16H2. The summed E-state index contributed by atoms with van der Waals surface area (Å²) in [5.41, 5.74) is 8.54. The first kappa shape index (κ1) is 10.8. The van der Waals surface area contributed by atoms with E-state index >= 15 is 0 Å². The Morgan fingerprint density at radius 2 is 2.06 bits per heavy atom. The Morgan fingerprint density at radius 3 is 2.76 bits per heavy atom. The number of nitrogens with zero attached hydrogens (tertiary/aromatic N) is 3. The second-order valence-corrected chi connectivity index (χ2v) is 3.59. The molecule has 17 heavy (non-hydrogen) atoms. The summed E-state index contributed by atoms with van der Waals surface area (Å²) in [7, 11) is 0. The van der Waals surface area contributed by atoms with Crippen LogP contribution < -0.4 is 5.73 Å². The van der Waals surface area contributed by atoms with Crippen LogP contribution in [0.5, 0.6) is 0 Å². The minimum atomic E-state index is 0.267. The molecule has 0 fully saturated rings. The van der Waals surface area contributed by atoms with Crippen molar-refractivity contribution in [2.24, 2.45) is 0 Å². The zero-order chi connectivity index (χ0) is 12.3. The van der Waals surface area contributed by atoms with Crippen LogP contribution >= 0.6 is 0 Å². The lowest BCUT2D eigenvalue weighted by atomic mass is 10.1. The van der Waals surface area contributed by atoms with Crippen molar-refractivity contribution in [2.75, 3.05) is 5.73 Å². The van der Waals surface area contributed by atoms with Gasteiger partial charge in [-0.1, -0.05) is 0 Å². The molecule has 0 atom stereocenters. The molecule has 2 N–H and O–H groups in total. The molecule has 2 rings (SSSR count). The van der Waals surface area contributed by atoms with Crippen molar-refractivity contribution < 1.29 is 0 Å². The van der Waals surface area contributed by atoms with Crippen LogP contribution in [0.2, 0.25) is 0 Å². The molecular formula is C13H10N4. The molecule has 2 aromatic rings. The first-order valence-electron chi connectivity index (χ1n) is 5.09. The Kier molecular flexibility index (Phi) is 2.81. The lowest BCUT2D eigenvalue weighted by Gasteiger charge is -2.08. The highest BCUT2D eigenvalue weighted by atomic mass is 15.0. The van der Waals surface area contributed by atoms with Crippen molar-refractivity contribution in [3.05, 3.63) is 47.8 Å². The SMILES string of the molecule is N#CCc1cc(-n2cccc2C#N)ccc1N. The van der Waals surface area contributed by atoms with Crippen LogP contribution in [-0.2, 0) is 6.42 Å². The summed E-state index contributed by atoms with van der Waals surface area (Å²) in [6, 6.07) is 13.1. The van der Waals surface area contributed by atoms with Crippen LogP contribution in [0.4, 0.5) is 5.69 Å². The fourth-order valence-corrected chi connectivity index (χ4v) is 1.68. The van der Waals surface area contributed by atoms with Crippen molar-refractivity contribution in [1.82, 2.24) is 4.57 Å². The number of anilines is 1. The Morgan fingerprint density at radius 1 is 1.24 bits per heavy atom. The maximum absolute atomic E-state index is 8.95. The number of hydrogen-bond acceptors (Lipinski definition) is 3. The van der Waals surface area contributed by atoms with Gasteiger partial charge in [-0.2, -0.15) is 10.5 Å². The van der Waals surface area contributed by atoms with Crippen molar-refractivity contribution in [2.45, 2.75) is 6.42 Å². The molecule has 0 aliphatic heterocycles. The van der Waals surface area contributed by atoms with Crippen molar-refractivity contribution in [1.29, 1.82) is 10.5 Å². The highest BCUT2D eigenvalue weighted by Crippen LogP contribution is 2.19. The molecule has 0 unspecified atom stereocenters. The molecule has 0 saturated carbocycles. The molecule has 0 saturated heterocycles. The first-order valence-corrected chi connectivity index (χ1v) is 5.09. The van der Waals surface area contributed by atoms with Gasteiger partial charge in [-0.25, -0.2) is 0 Å². The minimum Gasteiger partial charge on any atom is -0.398 e. The predicted octanol–water partition coefficient (Wildman–Crippen LogP) is 2.00. The smallest absolute Gasteiger partial charge is 0.124 e. The first-order chi connectivity index (χ1) is 8.26. The Labute approximate surface area is 99.1 Å². The molecule has 0 amide bonds. The summed E-state index contributed by atoms with van der Waals surface area (Å²) in [6.07, 6.45) is 2.07. The molecule has 0 aliphatic carbocycles. The third kappa shape index (κ3) is 1.97. The number of hydrogen-bond donors (Lipinski definition) is 1. The average Bonchev–Trinajstić information content (AvgIpc) is 2.80. The third-order valence-corrected chi connectivity index (χ3v) is 2.54. The third-order valence-electron chi connectivity index (χ3n) is 2.54. The van der Waals surface area contributed by atoms with E-state index < -0.39 is 0 Å². The molecule has 0 spiro atoms. The summed E-state index contributed by atoms with van der Waals surface area (Å²) in [6.45, 7) is 0. The molecular weight excluding hydrogens is 212 g/mol. The highest BCUT2D eigenvalue weighted by molar-refractivity contribution is 5.54. The summed E-state index contributed by atoms with van der Waals surface area (Å²) < 4.78 is 1.76. The minimum absolute atomic E-state index is 0.267. The summed E-state index contributed by atoms with van der Waals surface area (Å²) >= 11 is 0. The molecule has 1 aromatic carbocycles. The second-order valence-electron chi connectivity index (χ2n) is 3.59. The zero-order valence-corrected chi connectivity index (χ0v) is 9.09. The van der Waals surface area contributed by atoms with Crippen LogP contribution in [0.15, 0.2) is 36.5 Å².